The first-order chi connectivity index (χ1) is 6.20. The summed E-state index contributed by atoms with van der Waals surface area (Å²) in [5.74, 6) is 0. The first-order valence-corrected chi connectivity index (χ1v) is 5.39. The van der Waals surface area contributed by atoms with Gasteiger partial charge in [-0.1, -0.05) is 13.0 Å². The molecule has 0 fully saturated rings. The van der Waals surface area contributed by atoms with Crippen LogP contribution in [0.4, 0.5) is 0 Å². The Morgan fingerprint density at radius 3 is 2.77 bits per heavy atom. The minimum absolute atomic E-state index is 1.07. The average molecular weight is 191 g/mol. The van der Waals surface area contributed by atoms with Gasteiger partial charge in [-0.25, -0.2) is 4.98 Å². The fourth-order valence-corrected chi connectivity index (χ4v) is 2.61. The van der Waals surface area contributed by atoms with E-state index in [1.807, 2.05) is 0 Å². The molecule has 0 aliphatic rings. The third kappa shape index (κ3) is 1.46. The van der Waals surface area contributed by atoms with Crippen LogP contribution in [0.5, 0.6) is 0 Å². The molecular weight excluding hydrogens is 178 g/mol. The Balaban J connectivity index is 2.80. The first kappa shape index (κ1) is 8.70. The lowest BCUT2D eigenvalue weighted by atomic mass is 10.1. The van der Waals surface area contributed by atoms with Crippen LogP contribution in [-0.2, 0) is 6.42 Å². The van der Waals surface area contributed by atoms with Gasteiger partial charge in [-0.05, 0) is 37.5 Å². The third-order valence-corrected chi connectivity index (χ3v) is 3.12. The molecule has 0 N–H and O–H groups in total. The summed E-state index contributed by atoms with van der Waals surface area (Å²) in [6.45, 7) is 6.40. The first-order valence-electron chi connectivity index (χ1n) is 4.57. The molecule has 0 unspecified atom stereocenters. The largest absolute Gasteiger partial charge is 0.241 e. The van der Waals surface area contributed by atoms with E-state index >= 15 is 0 Å². The lowest BCUT2D eigenvalue weighted by Crippen LogP contribution is -1.84. The molecule has 0 bridgehead atoms. The second kappa shape index (κ2) is 3.11. The van der Waals surface area contributed by atoms with E-state index in [1.165, 1.54) is 21.3 Å². The zero-order valence-corrected chi connectivity index (χ0v) is 9.03. The Kier molecular flexibility index (Phi) is 2.08. The number of rotatable bonds is 1. The van der Waals surface area contributed by atoms with E-state index in [2.05, 4.69) is 37.9 Å². The molecule has 2 rings (SSSR count). The van der Waals surface area contributed by atoms with E-state index in [-0.39, 0.29) is 0 Å². The Morgan fingerprint density at radius 1 is 1.31 bits per heavy atom. The van der Waals surface area contributed by atoms with Gasteiger partial charge in [0.1, 0.15) is 0 Å². The molecule has 2 aromatic rings. The summed E-state index contributed by atoms with van der Waals surface area (Å²) in [6, 6.07) is 4.46. The number of aromatic nitrogens is 1. The van der Waals surface area contributed by atoms with Crippen molar-refractivity contribution in [3.8, 4) is 0 Å². The van der Waals surface area contributed by atoms with Crippen LogP contribution in [-0.4, -0.2) is 4.98 Å². The smallest absolute Gasteiger partial charge is 0.0907 e. The Bertz CT molecular complexity index is 443. The average Bonchev–Trinajstić information content (AvgIpc) is 2.43. The highest BCUT2D eigenvalue weighted by Crippen LogP contribution is 2.26. The van der Waals surface area contributed by atoms with Crippen molar-refractivity contribution in [2.45, 2.75) is 27.2 Å². The maximum absolute atomic E-state index is 4.54. The van der Waals surface area contributed by atoms with Crippen LogP contribution in [0.2, 0.25) is 0 Å². The minimum Gasteiger partial charge on any atom is -0.241 e. The molecule has 0 amide bonds. The summed E-state index contributed by atoms with van der Waals surface area (Å²) >= 11 is 1.78. The second-order valence-corrected chi connectivity index (χ2v) is 4.59. The number of fused-ring (bicyclic) bond motifs is 1. The van der Waals surface area contributed by atoms with Gasteiger partial charge in [-0.3, -0.25) is 0 Å². The van der Waals surface area contributed by atoms with E-state index in [0.29, 0.717) is 0 Å². The Labute approximate surface area is 82.4 Å². The van der Waals surface area contributed by atoms with Crippen molar-refractivity contribution in [3.05, 3.63) is 28.3 Å². The molecule has 0 spiro atoms. The SMILES string of the molecule is CCc1cc(C)cc2sc(C)nc12. The predicted molar refractivity (Wildman–Crippen MR) is 58.5 cm³/mol. The molecule has 0 aliphatic carbocycles. The van der Waals surface area contributed by atoms with Gasteiger partial charge in [0, 0.05) is 0 Å². The van der Waals surface area contributed by atoms with Crippen molar-refractivity contribution in [2.24, 2.45) is 0 Å². The molecule has 1 aromatic heterocycles. The van der Waals surface area contributed by atoms with Gasteiger partial charge in [0.05, 0.1) is 15.2 Å². The minimum atomic E-state index is 1.07. The zero-order valence-electron chi connectivity index (χ0n) is 8.22. The van der Waals surface area contributed by atoms with Crippen LogP contribution in [0.1, 0.15) is 23.1 Å². The normalized spacial score (nSPS) is 11.0. The molecule has 0 atom stereocenters. The molecule has 2 heteroatoms. The van der Waals surface area contributed by atoms with Crippen molar-refractivity contribution in [3.63, 3.8) is 0 Å². The number of hydrogen-bond acceptors (Lipinski definition) is 2. The van der Waals surface area contributed by atoms with Gasteiger partial charge in [-0.2, -0.15) is 0 Å². The predicted octanol–water partition coefficient (Wildman–Crippen LogP) is 3.48. The van der Waals surface area contributed by atoms with Crippen molar-refractivity contribution in [1.82, 2.24) is 4.98 Å². The fourth-order valence-electron chi connectivity index (χ4n) is 1.63. The van der Waals surface area contributed by atoms with Gasteiger partial charge >= 0.3 is 0 Å². The fraction of sp³-hybridized carbons (Fsp3) is 0.364. The summed E-state index contributed by atoms with van der Waals surface area (Å²) in [6.07, 6.45) is 1.07. The molecule has 1 nitrogen and oxygen atoms in total. The van der Waals surface area contributed by atoms with E-state index in [1.54, 1.807) is 11.3 Å². The monoisotopic (exact) mass is 191 g/mol. The van der Waals surface area contributed by atoms with Gasteiger partial charge in [0.2, 0.25) is 0 Å². The Morgan fingerprint density at radius 2 is 2.08 bits per heavy atom. The topological polar surface area (TPSA) is 12.9 Å². The number of aryl methyl sites for hydroxylation is 3. The van der Waals surface area contributed by atoms with Crippen LogP contribution >= 0.6 is 11.3 Å². The number of thiazole rings is 1. The van der Waals surface area contributed by atoms with Crippen LogP contribution < -0.4 is 0 Å². The zero-order chi connectivity index (χ0) is 9.42. The third-order valence-electron chi connectivity index (χ3n) is 2.21. The summed E-state index contributed by atoms with van der Waals surface area (Å²) in [7, 11) is 0. The molecule has 0 radical (unpaired) electrons. The molecule has 1 heterocycles. The highest BCUT2D eigenvalue weighted by atomic mass is 32.1. The van der Waals surface area contributed by atoms with E-state index < -0.39 is 0 Å². The maximum Gasteiger partial charge on any atom is 0.0907 e. The summed E-state index contributed by atoms with van der Waals surface area (Å²) in [5, 5.41) is 1.16. The summed E-state index contributed by atoms with van der Waals surface area (Å²) in [5.41, 5.74) is 3.92. The second-order valence-electron chi connectivity index (χ2n) is 3.36. The molecular formula is C11H13NS. The summed E-state index contributed by atoms with van der Waals surface area (Å²) in [4.78, 5) is 4.54. The highest BCUT2D eigenvalue weighted by molar-refractivity contribution is 7.18. The van der Waals surface area contributed by atoms with Gasteiger partial charge in [0.25, 0.3) is 0 Å². The van der Waals surface area contributed by atoms with Gasteiger partial charge in [-0.15, -0.1) is 11.3 Å². The van der Waals surface area contributed by atoms with Crippen molar-refractivity contribution in [1.29, 1.82) is 0 Å². The van der Waals surface area contributed by atoms with E-state index in [4.69, 9.17) is 0 Å². The molecule has 68 valence electrons. The summed E-state index contributed by atoms with van der Waals surface area (Å²) < 4.78 is 1.33. The lowest BCUT2D eigenvalue weighted by Gasteiger charge is -1.99. The van der Waals surface area contributed by atoms with Gasteiger partial charge < -0.3 is 0 Å². The molecule has 0 aliphatic heterocycles. The molecule has 0 saturated heterocycles. The van der Waals surface area contributed by atoms with Crippen LogP contribution in [0.25, 0.3) is 10.2 Å². The van der Waals surface area contributed by atoms with Crippen molar-refractivity contribution < 1.29 is 0 Å². The van der Waals surface area contributed by atoms with Crippen molar-refractivity contribution in [2.75, 3.05) is 0 Å². The quantitative estimate of drug-likeness (QED) is 0.672. The van der Waals surface area contributed by atoms with Crippen LogP contribution in [0.15, 0.2) is 12.1 Å². The number of benzene rings is 1. The molecule has 13 heavy (non-hydrogen) atoms. The lowest BCUT2D eigenvalue weighted by molar-refractivity contribution is 1.14. The van der Waals surface area contributed by atoms with Gasteiger partial charge in [0.15, 0.2) is 0 Å². The van der Waals surface area contributed by atoms with Crippen LogP contribution in [0.3, 0.4) is 0 Å². The molecule has 1 aromatic carbocycles. The number of hydrogen-bond donors (Lipinski definition) is 0. The van der Waals surface area contributed by atoms with E-state index in [0.717, 1.165) is 11.4 Å². The van der Waals surface area contributed by atoms with Crippen LogP contribution in [0, 0.1) is 13.8 Å². The Hall–Kier alpha value is -0.890. The maximum atomic E-state index is 4.54. The van der Waals surface area contributed by atoms with Crippen molar-refractivity contribution >= 4 is 21.6 Å². The molecule has 0 saturated carbocycles. The number of nitrogens with zero attached hydrogens (tertiary/aromatic N) is 1. The van der Waals surface area contributed by atoms with E-state index in [9.17, 15) is 0 Å². The standard InChI is InChI=1S/C11H13NS/c1-4-9-5-7(2)6-10-11(9)12-8(3)13-10/h5-6H,4H2,1-3H3. The highest BCUT2D eigenvalue weighted by Gasteiger charge is 2.05.